The summed E-state index contributed by atoms with van der Waals surface area (Å²) < 4.78 is 0. The van der Waals surface area contributed by atoms with Gasteiger partial charge >= 0.3 is 0 Å². The van der Waals surface area contributed by atoms with Gasteiger partial charge in [-0.25, -0.2) is 0 Å². The molecule has 1 amide bonds. The van der Waals surface area contributed by atoms with E-state index in [2.05, 4.69) is 25.4 Å². The summed E-state index contributed by atoms with van der Waals surface area (Å²) in [6.45, 7) is 9.06. The highest BCUT2D eigenvalue weighted by Gasteiger charge is 2.32. The molecule has 0 spiro atoms. The SMILES string of the molecule is CN=C(NCC(C)(C)C(=O)NC)N1CCC(N2CCCC2)C1. The van der Waals surface area contributed by atoms with Crippen molar-refractivity contribution in [2.24, 2.45) is 10.4 Å². The summed E-state index contributed by atoms with van der Waals surface area (Å²) in [6.07, 6.45) is 3.88. The molecular formula is C16H31N5O. The van der Waals surface area contributed by atoms with Crippen LogP contribution in [0.1, 0.15) is 33.1 Å². The van der Waals surface area contributed by atoms with Crippen molar-refractivity contribution in [3.8, 4) is 0 Å². The minimum atomic E-state index is -0.446. The molecule has 2 heterocycles. The van der Waals surface area contributed by atoms with Gasteiger partial charge < -0.3 is 15.5 Å². The van der Waals surface area contributed by atoms with Crippen molar-refractivity contribution in [2.75, 3.05) is 46.8 Å². The summed E-state index contributed by atoms with van der Waals surface area (Å²) in [4.78, 5) is 21.2. The summed E-state index contributed by atoms with van der Waals surface area (Å²) in [5, 5.41) is 6.10. The van der Waals surface area contributed by atoms with Crippen molar-refractivity contribution >= 4 is 11.9 Å². The van der Waals surface area contributed by atoms with Gasteiger partial charge in [0.1, 0.15) is 0 Å². The third kappa shape index (κ3) is 3.91. The summed E-state index contributed by atoms with van der Waals surface area (Å²) in [6, 6.07) is 0.660. The molecule has 0 aliphatic carbocycles. The molecule has 2 saturated heterocycles. The van der Waals surface area contributed by atoms with Crippen LogP contribution in [0.15, 0.2) is 4.99 Å². The topological polar surface area (TPSA) is 60.0 Å². The molecule has 2 aliphatic heterocycles. The first-order chi connectivity index (χ1) is 10.5. The molecule has 2 aliphatic rings. The molecule has 0 radical (unpaired) electrons. The largest absolute Gasteiger partial charge is 0.359 e. The van der Waals surface area contributed by atoms with Crippen molar-refractivity contribution < 1.29 is 4.79 Å². The number of amides is 1. The Morgan fingerprint density at radius 1 is 1.27 bits per heavy atom. The van der Waals surface area contributed by atoms with E-state index >= 15 is 0 Å². The van der Waals surface area contributed by atoms with Crippen molar-refractivity contribution in [3.63, 3.8) is 0 Å². The average Bonchev–Trinajstić information content (AvgIpc) is 3.17. The third-order valence-corrected chi connectivity index (χ3v) is 4.86. The number of nitrogens with zero attached hydrogens (tertiary/aromatic N) is 3. The molecule has 2 N–H and O–H groups in total. The maximum absolute atomic E-state index is 11.9. The predicted molar refractivity (Wildman–Crippen MR) is 90.0 cm³/mol. The molecule has 2 fully saturated rings. The summed E-state index contributed by atoms with van der Waals surface area (Å²) >= 11 is 0. The molecule has 0 aromatic carbocycles. The Balaban J connectivity index is 1.86. The third-order valence-electron chi connectivity index (χ3n) is 4.86. The van der Waals surface area contributed by atoms with Crippen LogP contribution in [0.3, 0.4) is 0 Å². The first-order valence-corrected chi connectivity index (χ1v) is 8.40. The molecule has 6 heteroatoms. The van der Waals surface area contributed by atoms with E-state index in [-0.39, 0.29) is 5.91 Å². The molecule has 126 valence electrons. The van der Waals surface area contributed by atoms with Gasteiger partial charge in [0.05, 0.1) is 5.41 Å². The van der Waals surface area contributed by atoms with Crippen molar-refractivity contribution in [3.05, 3.63) is 0 Å². The van der Waals surface area contributed by atoms with Crippen LogP contribution in [-0.4, -0.2) is 74.5 Å². The van der Waals surface area contributed by atoms with Gasteiger partial charge in [-0.05, 0) is 46.2 Å². The van der Waals surface area contributed by atoms with Crippen LogP contribution < -0.4 is 10.6 Å². The first-order valence-electron chi connectivity index (χ1n) is 8.40. The Kier molecular flexibility index (Phi) is 5.67. The van der Waals surface area contributed by atoms with Crippen molar-refractivity contribution in [1.82, 2.24) is 20.4 Å². The number of hydrogen-bond acceptors (Lipinski definition) is 3. The van der Waals surface area contributed by atoms with E-state index in [0.717, 1.165) is 19.0 Å². The van der Waals surface area contributed by atoms with Gasteiger partial charge in [0.2, 0.25) is 5.91 Å². The van der Waals surface area contributed by atoms with Gasteiger partial charge in [-0.1, -0.05) is 0 Å². The highest BCUT2D eigenvalue weighted by molar-refractivity contribution is 5.84. The molecule has 1 unspecified atom stereocenters. The van der Waals surface area contributed by atoms with E-state index in [4.69, 9.17) is 0 Å². The quantitative estimate of drug-likeness (QED) is 0.587. The Morgan fingerprint density at radius 3 is 2.55 bits per heavy atom. The van der Waals surface area contributed by atoms with Crippen LogP contribution in [0.5, 0.6) is 0 Å². The van der Waals surface area contributed by atoms with E-state index in [9.17, 15) is 4.79 Å². The lowest BCUT2D eigenvalue weighted by Gasteiger charge is -2.28. The normalized spacial score (nSPS) is 23.9. The van der Waals surface area contributed by atoms with Crippen LogP contribution in [0.25, 0.3) is 0 Å². The molecule has 1 atom stereocenters. The highest BCUT2D eigenvalue weighted by atomic mass is 16.2. The van der Waals surface area contributed by atoms with Crippen LogP contribution in [-0.2, 0) is 4.79 Å². The molecule has 0 aromatic rings. The average molecular weight is 309 g/mol. The van der Waals surface area contributed by atoms with Gasteiger partial charge in [-0.3, -0.25) is 14.7 Å². The second kappa shape index (κ2) is 7.31. The van der Waals surface area contributed by atoms with Gasteiger partial charge in [-0.2, -0.15) is 0 Å². The van der Waals surface area contributed by atoms with E-state index in [1.165, 1.54) is 32.4 Å². The fraction of sp³-hybridized carbons (Fsp3) is 0.875. The molecular weight excluding hydrogens is 278 g/mol. The van der Waals surface area contributed by atoms with Crippen LogP contribution >= 0.6 is 0 Å². The van der Waals surface area contributed by atoms with E-state index < -0.39 is 5.41 Å². The molecule has 2 rings (SSSR count). The van der Waals surface area contributed by atoms with Gasteiger partial charge in [0, 0.05) is 39.8 Å². The Hall–Kier alpha value is -1.30. The molecule has 0 aromatic heterocycles. The van der Waals surface area contributed by atoms with Crippen LogP contribution in [0, 0.1) is 5.41 Å². The van der Waals surface area contributed by atoms with E-state index in [0.29, 0.717) is 12.6 Å². The number of hydrogen-bond donors (Lipinski definition) is 2. The number of guanidine groups is 1. The van der Waals surface area contributed by atoms with Gasteiger partial charge in [0.15, 0.2) is 5.96 Å². The van der Waals surface area contributed by atoms with Crippen molar-refractivity contribution in [2.45, 2.75) is 39.2 Å². The maximum Gasteiger partial charge on any atom is 0.227 e. The Bertz CT molecular complexity index is 415. The molecule has 6 nitrogen and oxygen atoms in total. The number of carbonyl (C=O) groups excluding carboxylic acids is 1. The zero-order valence-electron chi connectivity index (χ0n) is 14.5. The van der Waals surface area contributed by atoms with Crippen LogP contribution in [0.4, 0.5) is 0 Å². The van der Waals surface area contributed by atoms with E-state index in [1.54, 1.807) is 7.05 Å². The lowest BCUT2D eigenvalue weighted by molar-refractivity contribution is -0.128. The second-order valence-electron chi connectivity index (χ2n) is 7.00. The fourth-order valence-electron chi connectivity index (χ4n) is 3.39. The van der Waals surface area contributed by atoms with Crippen molar-refractivity contribution in [1.29, 1.82) is 0 Å². The zero-order valence-corrected chi connectivity index (χ0v) is 14.5. The number of rotatable bonds is 4. The second-order valence-corrected chi connectivity index (χ2v) is 7.00. The van der Waals surface area contributed by atoms with E-state index in [1.807, 2.05) is 20.9 Å². The smallest absolute Gasteiger partial charge is 0.227 e. The lowest BCUT2D eigenvalue weighted by atomic mass is 9.92. The molecule has 0 saturated carbocycles. The predicted octanol–water partition coefficient (Wildman–Crippen LogP) is 0.504. The maximum atomic E-state index is 11.9. The Morgan fingerprint density at radius 2 is 1.95 bits per heavy atom. The zero-order chi connectivity index (χ0) is 16.2. The summed E-state index contributed by atoms with van der Waals surface area (Å²) in [7, 11) is 3.50. The fourth-order valence-corrected chi connectivity index (χ4v) is 3.39. The minimum Gasteiger partial charge on any atom is -0.359 e. The monoisotopic (exact) mass is 309 g/mol. The number of carbonyl (C=O) groups is 1. The Labute approximate surface area is 134 Å². The highest BCUT2D eigenvalue weighted by Crippen LogP contribution is 2.21. The lowest BCUT2D eigenvalue weighted by Crippen LogP contribution is -2.48. The minimum absolute atomic E-state index is 0.0480. The standard InChI is InChI=1S/C16H31N5O/c1-16(2,14(22)17-3)12-19-15(18-4)21-10-7-13(11-21)20-8-5-6-9-20/h13H,5-12H2,1-4H3,(H,17,22)(H,18,19). The van der Waals surface area contributed by atoms with Gasteiger partial charge in [-0.15, -0.1) is 0 Å². The van der Waals surface area contributed by atoms with Gasteiger partial charge in [0.25, 0.3) is 0 Å². The number of aliphatic imine (C=N–C) groups is 1. The number of likely N-dealkylation sites (tertiary alicyclic amines) is 2. The van der Waals surface area contributed by atoms with Crippen LogP contribution in [0.2, 0.25) is 0 Å². The summed E-state index contributed by atoms with van der Waals surface area (Å²) in [5.74, 6) is 0.963. The summed E-state index contributed by atoms with van der Waals surface area (Å²) in [5.41, 5.74) is -0.446. The molecule has 22 heavy (non-hydrogen) atoms. The molecule has 0 bridgehead atoms. The number of nitrogens with one attached hydrogen (secondary N) is 2. The first kappa shape index (κ1) is 17.1.